The zero-order chi connectivity index (χ0) is 18.3. The molecule has 0 N–H and O–H groups in total. The second-order valence-corrected chi connectivity index (χ2v) is 7.51. The molecular formula is C20H20N2O3S. The smallest absolute Gasteiger partial charge is 0.354 e. The standard InChI is InChI=1S/C20H20N2O3S/c1-13-5-6-15-14(10-13)4-3-8-21(15)19(23)12-22-16-7-9-26-18(16)11-17(22)20(24)25-2/h5-7,9-11H,3-4,8,12H2,1-2H3. The van der Waals surface area contributed by atoms with Crippen molar-refractivity contribution in [2.75, 3.05) is 18.6 Å². The van der Waals surface area contributed by atoms with Gasteiger partial charge >= 0.3 is 5.97 Å². The molecule has 1 aliphatic heterocycles. The highest BCUT2D eigenvalue weighted by Gasteiger charge is 2.25. The van der Waals surface area contributed by atoms with Crippen LogP contribution in [0.2, 0.25) is 0 Å². The highest BCUT2D eigenvalue weighted by Crippen LogP contribution is 2.30. The Bertz CT molecular complexity index is 1000. The number of carbonyl (C=O) groups is 2. The van der Waals surface area contributed by atoms with Gasteiger partial charge in [-0.3, -0.25) is 4.79 Å². The third-order valence-electron chi connectivity index (χ3n) is 4.87. The van der Waals surface area contributed by atoms with Crippen LogP contribution in [-0.2, 0) is 22.5 Å². The maximum atomic E-state index is 13.1. The van der Waals surface area contributed by atoms with Crippen LogP contribution in [0.25, 0.3) is 10.2 Å². The largest absolute Gasteiger partial charge is 0.464 e. The topological polar surface area (TPSA) is 51.5 Å². The van der Waals surface area contributed by atoms with E-state index in [-0.39, 0.29) is 12.5 Å². The van der Waals surface area contributed by atoms with Crippen molar-refractivity contribution in [2.24, 2.45) is 0 Å². The van der Waals surface area contributed by atoms with E-state index < -0.39 is 5.97 Å². The number of ether oxygens (including phenoxy) is 1. The van der Waals surface area contributed by atoms with E-state index in [9.17, 15) is 9.59 Å². The lowest BCUT2D eigenvalue weighted by atomic mass is 9.99. The van der Waals surface area contributed by atoms with Crippen molar-refractivity contribution in [3.05, 3.63) is 52.5 Å². The van der Waals surface area contributed by atoms with Crippen LogP contribution in [0, 0.1) is 6.92 Å². The molecule has 1 amide bonds. The molecule has 0 spiro atoms. The highest BCUT2D eigenvalue weighted by atomic mass is 32.1. The summed E-state index contributed by atoms with van der Waals surface area (Å²) >= 11 is 1.55. The summed E-state index contributed by atoms with van der Waals surface area (Å²) in [5.41, 5.74) is 4.72. The number of esters is 1. The predicted octanol–water partition coefficient (Wildman–Crippen LogP) is 3.78. The van der Waals surface area contributed by atoms with E-state index >= 15 is 0 Å². The number of carbonyl (C=O) groups excluding carboxylic acids is 2. The second kappa shape index (κ2) is 6.61. The van der Waals surface area contributed by atoms with Crippen LogP contribution in [0.5, 0.6) is 0 Å². The van der Waals surface area contributed by atoms with Gasteiger partial charge in [-0.25, -0.2) is 4.79 Å². The van der Waals surface area contributed by atoms with Crippen LogP contribution in [0.3, 0.4) is 0 Å². The number of amides is 1. The lowest BCUT2D eigenvalue weighted by molar-refractivity contribution is -0.119. The first-order valence-corrected chi connectivity index (χ1v) is 9.51. The van der Waals surface area contributed by atoms with Gasteiger partial charge in [0.1, 0.15) is 12.2 Å². The van der Waals surface area contributed by atoms with Crippen molar-refractivity contribution in [3.63, 3.8) is 0 Å². The minimum absolute atomic E-state index is 0.0105. The maximum absolute atomic E-state index is 13.1. The zero-order valence-corrected chi connectivity index (χ0v) is 15.6. The molecular weight excluding hydrogens is 348 g/mol. The van der Waals surface area contributed by atoms with E-state index in [1.165, 1.54) is 18.2 Å². The van der Waals surface area contributed by atoms with Gasteiger partial charge < -0.3 is 14.2 Å². The Kier molecular flexibility index (Phi) is 4.28. The summed E-state index contributed by atoms with van der Waals surface area (Å²) in [5.74, 6) is -0.431. The molecule has 0 aliphatic carbocycles. The van der Waals surface area contributed by atoms with Gasteiger partial charge in [-0.1, -0.05) is 17.7 Å². The molecule has 4 rings (SSSR count). The summed E-state index contributed by atoms with van der Waals surface area (Å²) < 4.78 is 7.64. The molecule has 0 fully saturated rings. The van der Waals surface area contributed by atoms with Gasteiger partial charge in [-0.2, -0.15) is 0 Å². The second-order valence-electron chi connectivity index (χ2n) is 6.56. The van der Waals surface area contributed by atoms with Crippen LogP contribution in [0.1, 0.15) is 28.0 Å². The fraction of sp³-hybridized carbons (Fsp3) is 0.300. The monoisotopic (exact) mass is 368 g/mol. The first-order chi connectivity index (χ1) is 12.6. The normalized spacial score (nSPS) is 13.7. The van der Waals surface area contributed by atoms with E-state index in [4.69, 9.17) is 4.74 Å². The van der Waals surface area contributed by atoms with E-state index in [1.54, 1.807) is 22.0 Å². The molecule has 3 aromatic rings. The summed E-state index contributed by atoms with van der Waals surface area (Å²) in [6, 6.07) is 9.96. The number of aryl methyl sites for hydroxylation is 2. The molecule has 0 saturated heterocycles. The van der Waals surface area contributed by atoms with Crippen molar-refractivity contribution in [3.8, 4) is 0 Å². The van der Waals surface area contributed by atoms with Gasteiger partial charge in [0, 0.05) is 12.2 Å². The SMILES string of the molecule is COC(=O)c1cc2sccc2n1CC(=O)N1CCCc2cc(C)ccc21. The third kappa shape index (κ3) is 2.80. The number of benzene rings is 1. The van der Waals surface area contributed by atoms with Crippen molar-refractivity contribution in [2.45, 2.75) is 26.3 Å². The number of hydrogen-bond acceptors (Lipinski definition) is 4. The number of anilines is 1. The van der Waals surface area contributed by atoms with Crippen molar-refractivity contribution in [1.29, 1.82) is 0 Å². The molecule has 6 heteroatoms. The Labute approximate surface area is 155 Å². The number of rotatable bonds is 3. The average molecular weight is 368 g/mol. The Morgan fingerprint density at radius 2 is 2.08 bits per heavy atom. The van der Waals surface area contributed by atoms with Gasteiger partial charge in [0.25, 0.3) is 0 Å². The molecule has 26 heavy (non-hydrogen) atoms. The molecule has 0 atom stereocenters. The van der Waals surface area contributed by atoms with Gasteiger partial charge in [0.2, 0.25) is 5.91 Å². The van der Waals surface area contributed by atoms with Crippen LogP contribution in [0.4, 0.5) is 5.69 Å². The lowest BCUT2D eigenvalue weighted by Gasteiger charge is -2.30. The molecule has 134 valence electrons. The summed E-state index contributed by atoms with van der Waals surface area (Å²) in [4.78, 5) is 27.1. The highest BCUT2D eigenvalue weighted by molar-refractivity contribution is 7.17. The van der Waals surface area contributed by atoms with Crippen molar-refractivity contribution < 1.29 is 14.3 Å². The fourth-order valence-electron chi connectivity index (χ4n) is 3.63. The summed E-state index contributed by atoms with van der Waals surface area (Å²) in [7, 11) is 1.36. The van der Waals surface area contributed by atoms with Crippen LogP contribution < -0.4 is 4.90 Å². The van der Waals surface area contributed by atoms with Gasteiger partial charge in [0.05, 0.1) is 17.3 Å². The van der Waals surface area contributed by atoms with E-state index in [1.807, 2.05) is 28.5 Å². The third-order valence-corrected chi connectivity index (χ3v) is 5.72. The van der Waals surface area contributed by atoms with E-state index in [0.29, 0.717) is 12.2 Å². The van der Waals surface area contributed by atoms with Crippen LogP contribution in [-0.4, -0.2) is 30.1 Å². The zero-order valence-electron chi connectivity index (χ0n) is 14.8. The maximum Gasteiger partial charge on any atom is 0.354 e. The summed E-state index contributed by atoms with van der Waals surface area (Å²) in [6.45, 7) is 2.89. The predicted molar refractivity (Wildman–Crippen MR) is 103 cm³/mol. The first-order valence-electron chi connectivity index (χ1n) is 8.63. The molecule has 0 unspecified atom stereocenters. The quantitative estimate of drug-likeness (QED) is 0.661. The Hall–Kier alpha value is -2.60. The first kappa shape index (κ1) is 16.8. The van der Waals surface area contributed by atoms with Gasteiger partial charge in [-0.05, 0) is 48.9 Å². The van der Waals surface area contributed by atoms with Gasteiger partial charge in [-0.15, -0.1) is 11.3 Å². The van der Waals surface area contributed by atoms with Crippen molar-refractivity contribution in [1.82, 2.24) is 4.57 Å². The van der Waals surface area contributed by atoms with Crippen LogP contribution >= 0.6 is 11.3 Å². The van der Waals surface area contributed by atoms with E-state index in [0.717, 1.165) is 28.7 Å². The molecule has 3 heterocycles. The minimum Gasteiger partial charge on any atom is -0.464 e. The van der Waals surface area contributed by atoms with Gasteiger partial charge in [0.15, 0.2) is 0 Å². The number of fused-ring (bicyclic) bond motifs is 2. The Balaban J connectivity index is 1.69. The summed E-state index contributed by atoms with van der Waals surface area (Å²) in [6.07, 6.45) is 1.94. The number of nitrogens with zero attached hydrogens (tertiary/aromatic N) is 2. The molecule has 0 radical (unpaired) electrons. The number of aromatic nitrogens is 1. The molecule has 1 aliphatic rings. The molecule has 1 aromatic carbocycles. The van der Waals surface area contributed by atoms with E-state index in [2.05, 4.69) is 13.0 Å². The Morgan fingerprint density at radius 1 is 1.23 bits per heavy atom. The molecule has 0 saturated carbocycles. The van der Waals surface area contributed by atoms with Crippen LogP contribution in [0.15, 0.2) is 35.7 Å². The number of methoxy groups -OCH3 is 1. The molecule has 0 bridgehead atoms. The summed E-state index contributed by atoms with van der Waals surface area (Å²) in [5, 5.41) is 1.96. The Morgan fingerprint density at radius 3 is 2.88 bits per heavy atom. The lowest BCUT2D eigenvalue weighted by Crippen LogP contribution is -2.38. The fourth-order valence-corrected chi connectivity index (χ4v) is 4.45. The molecule has 2 aromatic heterocycles. The molecule has 5 nitrogen and oxygen atoms in total. The van der Waals surface area contributed by atoms with Crippen molar-refractivity contribution >= 4 is 39.1 Å². The number of hydrogen-bond donors (Lipinski definition) is 0. The minimum atomic E-state index is -0.420. The average Bonchev–Trinajstić information content (AvgIpc) is 3.22. The number of thiophene rings is 1.